The first-order chi connectivity index (χ1) is 9.21. The van der Waals surface area contributed by atoms with Crippen molar-refractivity contribution in [2.45, 2.75) is 27.2 Å². The number of rotatable bonds is 6. The lowest BCUT2D eigenvalue weighted by Gasteiger charge is -2.10. The van der Waals surface area contributed by atoms with E-state index in [9.17, 15) is 0 Å². The van der Waals surface area contributed by atoms with Crippen LogP contribution in [0.1, 0.15) is 25.0 Å². The second kappa shape index (κ2) is 10.8. The summed E-state index contributed by atoms with van der Waals surface area (Å²) in [5.74, 6) is 1.82. The van der Waals surface area contributed by atoms with Gasteiger partial charge in [0, 0.05) is 19.6 Å². The molecular formula is C15H26IN3O. The van der Waals surface area contributed by atoms with Gasteiger partial charge >= 0.3 is 0 Å². The van der Waals surface area contributed by atoms with Gasteiger partial charge in [-0.1, -0.05) is 12.1 Å². The molecule has 4 nitrogen and oxygen atoms in total. The van der Waals surface area contributed by atoms with Crippen LogP contribution in [0.4, 0.5) is 0 Å². The van der Waals surface area contributed by atoms with Crippen LogP contribution in [0.2, 0.25) is 0 Å². The molecule has 0 aliphatic carbocycles. The number of methoxy groups -OCH3 is 1. The van der Waals surface area contributed by atoms with Gasteiger partial charge in [0.1, 0.15) is 5.75 Å². The maximum Gasteiger partial charge on any atom is 0.191 e. The van der Waals surface area contributed by atoms with Gasteiger partial charge in [-0.25, -0.2) is 0 Å². The highest BCUT2D eigenvalue weighted by atomic mass is 127. The van der Waals surface area contributed by atoms with Crippen LogP contribution in [0.3, 0.4) is 0 Å². The first-order valence-corrected chi connectivity index (χ1v) is 6.87. The van der Waals surface area contributed by atoms with Gasteiger partial charge in [-0.2, -0.15) is 0 Å². The highest BCUT2D eigenvalue weighted by Crippen LogP contribution is 2.19. The zero-order chi connectivity index (χ0) is 14.1. The number of halogens is 1. The lowest BCUT2D eigenvalue weighted by Crippen LogP contribution is -2.37. The predicted molar refractivity (Wildman–Crippen MR) is 96.5 cm³/mol. The topological polar surface area (TPSA) is 45.7 Å². The average Bonchev–Trinajstić information content (AvgIpc) is 2.41. The van der Waals surface area contributed by atoms with E-state index in [1.165, 1.54) is 5.56 Å². The molecule has 0 aliphatic rings. The fraction of sp³-hybridized carbons (Fsp3) is 0.533. The summed E-state index contributed by atoms with van der Waals surface area (Å²) in [6.07, 6.45) is 0.914. The summed E-state index contributed by atoms with van der Waals surface area (Å²) < 4.78 is 5.33. The molecule has 0 heterocycles. The van der Waals surface area contributed by atoms with Crippen molar-refractivity contribution < 1.29 is 4.74 Å². The highest BCUT2D eigenvalue weighted by Gasteiger charge is 2.00. The van der Waals surface area contributed by atoms with Crippen LogP contribution < -0.4 is 15.4 Å². The van der Waals surface area contributed by atoms with Gasteiger partial charge in [-0.3, -0.25) is 4.99 Å². The zero-order valence-electron chi connectivity index (χ0n) is 12.8. The Labute approximate surface area is 139 Å². The summed E-state index contributed by atoms with van der Waals surface area (Å²) >= 11 is 0. The monoisotopic (exact) mass is 391 g/mol. The molecule has 1 aromatic carbocycles. The minimum Gasteiger partial charge on any atom is -0.496 e. The molecule has 0 radical (unpaired) electrons. The van der Waals surface area contributed by atoms with Crippen LogP contribution in [-0.2, 0) is 6.42 Å². The molecule has 1 aromatic rings. The van der Waals surface area contributed by atoms with Gasteiger partial charge < -0.3 is 15.4 Å². The SMILES string of the molecule is CCNC(=NCCc1ccc(C)c(OC)c1)NCC.I. The van der Waals surface area contributed by atoms with Gasteiger partial charge in [0.2, 0.25) is 0 Å². The highest BCUT2D eigenvalue weighted by molar-refractivity contribution is 14.0. The Morgan fingerprint density at radius 2 is 1.85 bits per heavy atom. The van der Waals surface area contributed by atoms with Crippen LogP contribution >= 0.6 is 24.0 Å². The van der Waals surface area contributed by atoms with Crippen molar-refractivity contribution in [3.05, 3.63) is 29.3 Å². The molecule has 1 rings (SSSR count). The molecule has 0 aromatic heterocycles. The van der Waals surface area contributed by atoms with Gasteiger partial charge in [0.15, 0.2) is 5.96 Å². The van der Waals surface area contributed by atoms with E-state index in [4.69, 9.17) is 4.74 Å². The Balaban J connectivity index is 0.00000361. The summed E-state index contributed by atoms with van der Waals surface area (Å²) in [4.78, 5) is 4.53. The number of benzene rings is 1. The standard InChI is InChI=1S/C15H25N3O.HI/c1-5-16-15(17-6-2)18-10-9-13-8-7-12(3)14(11-13)19-4;/h7-8,11H,5-6,9-10H2,1-4H3,(H2,16,17,18);1H. The molecule has 114 valence electrons. The molecule has 2 N–H and O–H groups in total. The number of aliphatic imine (C=N–C) groups is 1. The average molecular weight is 391 g/mol. The summed E-state index contributed by atoms with van der Waals surface area (Å²) in [7, 11) is 1.71. The number of aryl methyl sites for hydroxylation is 1. The first kappa shape index (κ1) is 19.0. The molecule has 0 fully saturated rings. The molecule has 0 saturated heterocycles. The van der Waals surface area contributed by atoms with E-state index < -0.39 is 0 Å². The second-order valence-electron chi connectivity index (χ2n) is 4.34. The lowest BCUT2D eigenvalue weighted by molar-refractivity contribution is 0.411. The third-order valence-corrected chi connectivity index (χ3v) is 2.83. The Kier molecular flexibility index (Phi) is 10.2. The van der Waals surface area contributed by atoms with Crippen LogP contribution in [0.5, 0.6) is 5.75 Å². The van der Waals surface area contributed by atoms with Crippen molar-refractivity contribution >= 4 is 29.9 Å². The Bertz CT molecular complexity index is 414. The zero-order valence-corrected chi connectivity index (χ0v) is 15.2. The Morgan fingerprint density at radius 1 is 1.20 bits per heavy atom. The van der Waals surface area contributed by atoms with Crippen LogP contribution in [0.25, 0.3) is 0 Å². The number of nitrogens with zero attached hydrogens (tertiary/aromatic N) is 1. The van der Waals surface area contributed by atoms with Crippen molar-refractivity contribution in [1.82, 2.24) is 10.6 Å². The maximum absolute atomic E-state index is 5.33. The number of hydrogen-bond acceptors (Lipinski definition) is 2. The van der Waals surface area contributed by atoms with Crippen LogP contribution in [0.15, 0.2) is 23.2 Å². The molecule has 0 unspecified atom stereocenters. The van der Waals surface area contributed by atoms with Crippen molar-refractivity contribution in [3.8, 4) is 5.75 Å². The number of nitrogens with one attached hydrogen (secondary N) is 2. The summed E-state index contributed by atoms with van der Waals surface area (Å²) in [5.41, 5.74) is 2.41. The minimum atomic E-state index is 0. The van der Waals surface area contributed by atoms with E-state index in [0.29, 0.717) is 0 Å². The Morgan fingerprint density at radius 3 is 2.40 bits per heavy atom. The lowest BCUT2D eigenvalue weighted by atomic mass is 10.1. The molecule has 0 spiro atoms. The fourth-order valence-corrected chi connectivity index (χ4v) is 1.83. The van der Waals surface area contributed by atoms with Gasteiger partial charge in [0.05, 0.1) is 7.11 Å². The van der Waals surface area contributed by atoms with Crippen LogP contribution in [0, 0.1) is 6.92 Å². The van der Waals surface area contributed by atoms with Gasteiger partial charge in [0.25, 0.3) is 0 Å². The molecule has 0 amide bonds. The van der Waals surface area contributed by atoms with E-state index in [2.05, 4.69) is 54.6 Å². The summed E-state index contributed by atoms with van der Waals surface area (Å²) in [6.45, 7) is 8.71. The third kappa shape index (κ3) is 6.45. The normalized spacial score (nSPS) is 9.40. The fourth-order valence-electron chi connectivity index (χ4n) is 1.83. The molecule has 0 bridgehead atoms. The third-order valence-electron chi connectivity index (χ3n) is 2.83. The van der Waals surface area contributed by atoms with Gasteiger partial charge in [-0.15, -0.1) is 24.0 Å². The van der Waals surface area contributed by atoms with Crippen molar-refractivity contribution in [2.24, 2.45) is 4.99 Å². The Hall–Kier alpha value is -0.980. The molecule has 0 atom stereocenters. The summed E-state index contributed by atoms with van der Waals surface area (Å²) in [6, 6.07) is 6.31. The smallest absolute Gasteiger partial charge is 0.191 e. The molecule has 0 saturated carbocycles. The van der Waals surface area contributed by atoms with Crippen molar-refractivity contribution in [1.29, 1.82) is 0 Å². The molecular weight excluding hydrogens is 365 g/mol. The second-order valence-corrected chi connectivity index (χ2v) is 4.34. The number of ether oxygens (including phenoxy) is 1. The maximum atomic E-state index is 5.33. The van der Waals surface area contributed by atoms with Gasteiger partial charge in [-0.05, 0) is 44.4 Å². The minimum absolute atomic E-state index is 0. The first-order valence-electron chi connectivity index (χ1n) is 6.87. The van der Waals surface area contributed by atoms with E-state index in [1.54, 1.807) is 7.11 Å². The van der Waals surface area contributed by atoms with Crippen molar-refractivity contribution in [2.75, 3.05) is 26.7 Å². The molecule has 20 heavy (non-hydrogen) atoms. The number of hydrogen-bond donors (Lipinski definition) is 2. The van der Waals surface area contributed by atoms with E-state index in [1.807, 2.05) is 0 Å². The summed E-state index contributed by atoms with van der Waals surface area (Å²) in [5, 5.41) is 6.43. The molecule has 5 heteroatoms. The van der Waals surface area contributed by atoms with E-state index in [-0.39, 0.29) is 24.0 Å². The van der Waals surface area contributed by atoms with Crippen LogP contribution in [-0.4, -0.2) is 32.7 Å². The van der Waals surface area contributed by atoms with E-state index in [0.717, 1.165) is 43.3 Å². The predicted octanol–water partition coefficient (Wildman–Crippen LogP) is 2.74. The van der Waals surface area contributed by atoms with E-state index >= 15 is 0 Å². The number of guanidine groups is 1. The quantitative estimate of drug-likeness (QED) is 0.445. The van der Waals surface area contributed by atoms with Crippen molar-refractivity contribution in [3.63, 3.8) is 0 Å². The molecule has 0 aliphatic heterocycles. The largest absolute Gasteiger partial charge is 0.496 e.